The summed E-state index contributed by atoms with van der Waals surface area (Å²) in [5, 5.41) is 8.84. The third-order valence-electron chi connectivity index (χ3n) is 3.11. The molecule has 1 aliphatic rings. The second-order valence-electron chi connectivity index (χ2n) is 4.72. The number of aromatic nitrogens is 1. The van der Waals surface area contributed by atoms with Crippen LogP contribution in [-0.4, -0.2) is 23.6 Å². The largest absolute Gasteiger partial charge is 0.315 e. The van der Waals surface area contributed by atoms with Gasteiger partial charge in [0.05, 0.1) is 0 Å². The Morgan fingerprint density at radius 1 is 1.56 bits per heavy atom. The Balaban J connectivity index is 1.76. The van der Waals surface area contributed by atoms with Gasteiger partial charge in [0, 0.05) is 29.7 Å². The number of rotatable bonds is 4. The van der Waals surface area contributed by atoms with Crippen LogP contribution in [-0.2, 0) is 6.54 Å². The quantitative estimate of drug-likeness (QED) is 0.739. The molecule has 1 fully saturated rings. The molecule has 1 atom stereocenters. The van der Waals surface area contributed by atoms with Gasteiger partial charge >= 0.3 is 4.87 Å². The lowest BCUT2D eigenvalue weighted by molar-refractivity contribution is 0.266. The molecule has 5 heteroatoms. The standard InChI is InChI=1S/C11H19N3OS/c1-11(4-2-3-5-13-11)8-12-6-9-7-16-10(15)14-9/h7,12-13H,2-6,8H2,1H3,(H,14,15). The minimum Gasteiger partial charge on any atom is -0.315 e. The first kappa shape index (κ1) is 11.8. The van der Waals surface area contributed by atoms with Crippen molar-refractivity contribution in [2.45, 2.75) is 38.3 Å². The van der Waals surface area contributed by atoms with E-state index >= 15 is 0 Å². The number of aromatic amines is 1. The Labute approximate surface area is 99.5 Å². The molecule has 1 saturated heterocycles. The Bertz CT molecular complexity index is 379. The molecule has 0 spiro atoms. The lowest BCUT2D eigenvalue weighted by Gasteiger charge is -2.35. The fourth-order valence-electron chi connectivity index (χ4n) is 2.14. The van der Waals surface area contributed by atoms with Crippen molar-refractivity contribution in [1.82, 2.24) is 15.6 Å². The molecule has 1 aliphatic heterocycles. The summed E-state index contributed by atoms with van der Waals surface area (Å²) in [6.07, 6.45) is 3.81. The molecule has 0 radical (unpaired) electrons. The topological polar surface area (TPSA) is 56.9 Å². The predicted molar refractivity (Wildman–Crippen MR) is 66.9 cm³/mol. The molecule has 1 aromatic rings. The number of hydrogen-bond donors (Lipinski definition) is 3. The van der Waals surface area contributed by atoms with Gasteiger partial charge in [0.2, 0.25) is 0 Å². The molecule has 0 saturated carbocycles. The fraction of sp³-hybridized carbons (Fsp3) is 0.727. The van der Waals surface area contributed by atoms with E-state index in [1.165, 1.54) is 30.6 Å². The van der Waals surface area contributed by atoms with E-state index in [9.17, 15) is 4.79 Å². The summed E-state index contributed by atoms with van der Waals surface area (Å²) >= 11 is 1.22. The Hall–Kier alpha value is -0.650. The van der Waals surface area contributed by atoms with Crippen molar-refractivity contribution in [2.75, 3.05) is 13.1 Å². The highest BCUT2D eigenvalue weighted by Gasteiger charge is 2.25. The van der Waals surface area contributed by atoms with Gasteiger partial charge in [-0.05, 0) is 26.3 Å². The molecular weight excluding hydrogens is 222 g/mol. The van der Waals surface area contributed by atoms with Crippen molar-refractivity contribution in [3.63, 3.8) is 0 Å². The summed E-state index contributed by atoms with van der Waals surface area (Å²) in [4.78, 5) is 13.8. The summed E-state index contributed by atoms with van der Waals surface area (Å²) in [7, 11) is 0. The van der Waals surface area contributed by atoms with Crippen LogP contribution in [0.1, 0.15) is 31.9 Å². The highest BCUT2D eigenvalue weighted by molar-refractivity contribution is 7.07. The Morgan fingerprint density at radius 2 is 2.44 bits per heavy atom. The van der Waals surface area contributed by atoms with Gasteiger partial charge in [-0.3, -0.25) is 4.79 Å². The molecule has 1 unspecified atom stereocenters. The van der Waals surface area contributed by atoms with Gasteiger partial charge in [-0.25, -0.2) is 0 Å². The summed E-state index contributed by atoms with van der Waals surface area (Å²) in [6.45, 7) is 5.07. The Morgan fingerprint density at radius 3 is 3.06 bits per heavy atom. The first-order valence-corrected chi connectivity index (χ1v) is 6.68. The number of piperidine rings is 1. The molecule has 16 heavy (non-hydrogen) atoms. The van der Waals surface area contributed by atoms with Crippen LogP contribution < -0.4 is 15.5 Å². The van der Waals surface area contributed by atoms with E-state index < -0.39 is 0 Å². The van der Waals surface area contributed by atoms with Crippen molar-refractivity contribution in [3.05, 3.63) is 20.7 Å². The Kier molecular flexibility index (Phi) is 3.78. The van der Waals surface area contributed by atoms with Crippen molar-refractivity contribution in [3.8, 4) is 0 Å². The number of H-pyrrole nitrogens is 1. The molecule has 2 rings (SSSR count). The lowest BCUT2D eigenvalue weighted by atomic mass is 9.91. The first-order valence-electron chi connectivity index (χ1n) is 5.80. The monoisotopic (exact) mass is 241 g/mol. The van der Waals surface area contributed by atoms with E-state index in [-0.39, 0.29) is 10.4 Å². The highest BCUT2D eigenvalue weighted by Crippen LogP contribution is 2.17. The summed E-state index contributed by atoms with van der Waals surface area (Å²) in [5.74, 6) is 0. The minimum absolute atomic E-state index is 0.0267. The van der Waals surface area contributed by atoms with Gasteiger partial charge in [-0.2, -0.15) is 0 Å². The predicted octanol–water partition coefficient (Wildman–Crippen LogP) is 1.06. The maximum atomic E-state index is 10.9. The zero-order valence-corrected chi connectivity index (χ0v) is 10.5. The SMILES string of the molecule is CC1(CNCc2csc(=O)[nH]2)CCCCN1. The van der Waals surface area contributed by atoms with E-state index in [1.807, 2.05) is 5.38 Å². The van der Waals surface area contributed by atoms with Crippen molar-refractivity contribution in [1.29, 1.82) is 0 Å². The third-order valence-corrected chi connectivity index (χ3v) is 3.83. The minimum atomic E-state index is 0.0267. The second kappa shape index (κ2) is 5.12. The maximum absolute atomic E-state index is 10.9. The second-order valence-corrected chi connectivity index (χ2v) is 5.56. The number of thiazole rings is 1. The van der Waals surface area contributed by atoms with Crippen LogP contribution >= 0.6 is 11.3 Å². The van der Waals surface area contributed by atoms with Crippen LogP contribution in [0.25, 0.3) is 0 Å². The number of hydrogen-bond acceptors (Lipinski definition) is 4. The number of nitrogens with one attached hydrogen (secondary N) is 3. The van der Waals surface area contributed by atoms with E-state index in [4.69, 9.17) is 0 Å². The van der Waals surface area contributed by atoms with E-state index in [0.717, 1.165) is 25.3 Å². The van der Waals surface area contributed by atoms with Gasteiger partial charge in [0.1, 0.15) is 0 Å². The zero-order chi connectivity index (χ0) is 11.4. The average Bonchev–Trinajstić information content (AvgIpc) is 2.65. The molecular formula is C11H19N3OS. The molecule has 1 aromatic heterocycles. The molecule has 3 N–H and O–H groups in total. The molecule has 0 aromatic carbocycles. The average molecular weight is 241 g/mol. The molecule has 4 nitrogen and oxygen atoms in total. The highest BCUT2D eigenvalue weighted by atomic mass is 32.1. The van der Waals surface area contributed by atoms with Gasteiger partial charge < -0.3 is 15.6 Å². The van der Waals surface area contributed by atoms with Crippen molar-refractivity contribution < 1.29 is 0 Å². The van der Waals surface area contributed by atoms with Crippen molar-refractivity contribution >= 4 is 11.3 Å². The van der Waals surface area contributed by atoms with Crippen molar-refractivity contribution in [2.24, 2.45) is 0 Å². The fourth-order valence-corrected chi connectivity index (χ4v) is 2.72. The smallest absolute Gasteiger partial charge is 0.304 e. The van der Waals surface area contributed by atoms with Gasteiger partial charge in [0.15, 0.2) is 0 Å². The van der Waals surface area contributed by atoms with Crippen LogP contribution in [0.5, 0.6) is 0 Å². The van der Waals surface area contributed by atoms with Crippen LogP contribution in [0.2, 0.25) is 0 Å². The van der Waals surface area contributed by atoms with Crippen LogP contribution in [0, 0.1) is 0 Å². The third kappa shape index (κ3) is 3.17. The molecule has 0 bridgehead atoms. The molecule has 2 heterocycles. The maximum Gasteiger partial charge on any atom is 0.304 e. The molecule has 0 aliphatic carbocycles. The zero-order valence-electron chi connectivity index (χ0n) is 9.64. The van der Waals surface area contributed by atoms with E-state index in [2.05, 4.69) is 22.5 Å². The van der Waals surface area contributed by atoms with Crippen LogP contribution in [0.4, 0.5) is 0 Å². The van der Waals surface area contributed by atoms with Gasteiger partial charge in [-0.1, -0.05) is 17.8 Å². The normalized spacial score (nSPS) is 25.8. The van der Waals surface area contributed by atoms with E-state index in [0.29, 0.717) is 0 Å². The van der Waals surface area contributed by atoms with Crippen LogP contribution in [0.15, 0.2) is 10.2 Å². The molecule has 0 amide bonds. The summed E-state index contributed by atoms with van der Waals surface area (Å²) < 4.78 is 0. The van der Waals surface area contributed by atoms with E-state index in [1.54, 1.807) is 0 Å². The van der Waals surface area contributed by atoms with Gasteiger partial charge in [-0.15, -0.1) is 0 Å². The molecule has 90 valence electrons. The van der Waals surface area contributed by atoms with Gasteiger partial charge in [0.25, 0.3) is 0 Å². The summed E-state index contributed by atoms with van der Waals surface area (Å²) in [5.41, 5.74) is 1.20. The first-order chi connectivity index (χ1) is 7.68. The summed E-state index contributed by atoms with van der Waals surface area (Å²) in [6, 6.07) is 0. The lowest BCUT2D eigenvalue weighted by Crippen LogP contribution is -2.52. The van der Waals surface area contributed by atoms with Crippen LogP contribution in [0.3, 0.4) is 0 Å².